The second-order valence-electron chi connectivity index (χ2n) is 7.68. The fraction of sp³-hybridized carbons (Fsp3) is 0.208. The maximum Gasteiger partial charge on any atom is 0.284 e. The molecule has 0 amide bonds. The summed E-state index contributed by atoms with van der Waals surface area (Å²) in [6.45, 7) is 5.73. The van der Waals surface area contributed by atoms with Gasteiger partial charge < -0.3 is 0 Å². The number of hydrogen-bond donors (Lipinski definition) is 0. The summed E-state index contributed by atoms with van der Waals surface area (Å²) in [6.07, 6.45) is 1.67. The zero-order valence-electron chi connectivity index (χ0n) is 18.1. The van der Waals surface area contributed by atoms with Crippen LogP contribution >= 0.6 is 0 Å². The standard InChI is InChI=1S/C24H26N2O3S2/c1-18-10-12-22(13-11-18)31(28,29)26-24(17-21-8-6-5-7-9-21)25-30(4,27)23-15-19(2)14-20(3)16-23/h5-16H,17H2,1-4H3/b26-24-. The third kappa shape index (κ3) is 6.12. The molecule has 1 atom stereocenters. The maximum absolute atomic E-state index is 13.5. The molecule has 0 N–H and O–H groups in total. The minimum Gasteiger partial charge on any atom is -0.245 e. The Labute approximate surface area is 185 Å². The first-order valence-corrected chi connectivity index (χ1v) is 13.2. The van der Waals surface area contributed by atoms with Crippen LogP contribution < -0.4 is 0 Å². The highest BCUT2D eigenvalue weighted by Gasteiger charge is 2.17. The van der Waals surface area contributed by atoms with Crippen LogP contribution in [0.15, 0.2) is 91.3 Å². The molecule has 3 rings (SSSR count). The zero-order valence-corrected chi connectivity index (χ0v) is 19.7. The van der Waals surface area contributed by atoms with Gasteiger partial charge in [-0.2, -0.15) is 12.8 Å². The SMILES string of the molecule is Cc1ccc(S(=O)(=O)/N=C(/Cc2ccccc2)N=S(C)(=O)c2cc(C)cc(C)c2)cc1. The number of nitrogens with zero attached hydrogens (tertiary/aromatic N) is 2. The summed E-state index contributed by atoms with van der Waals surface area (Å²) in [5, 5.41) is 0. The zero-order chi connectivity index (χ0) is 22.6. The van der Waals surface area contributed by atoms with Gasteiger partial charge in [0.15, 0.2) is 5.84 Å². The van der Waals surface area contributed by atoms with Crippen molar-refractivity contribution < 1.29 is 12.6 Å². The van der Waals surface area contributed by atoms with Crippen molar-refractivity contribution in [2.75, 3.05) is 6.26 Å². The number of amidine groups is 1. The largest absolute Gasteiger partial charge is 0.284 e. The molecule has 0 fully saturated rings. The van der Waals surface area contributed by atoms with Crippen molar-refractivity contribution in [2.24, 2.45) is 8.76 Å². The van der Waals surface area contributed by atoms with E-state index in [0.717, 1.165) is 22.3 Å². The second kappa shape index (κ2) is 9.16. The Kier molecular flexibility index (Phi) is 6.77. The van der Waals surface area contributed by atoms with Crippen molar-refractivity contribution >= 4 is 25.6 Å². The van der Waals surface area contributed by atoms with Crippen molar-refractivity contribution in [3.8, 4) is 0 Å². The van der Waals surface area contributed by atoms with Gasteiger partial charge in [0.1, 0.15) is 0 Å². The molecule has 0 radical (unpaired) electrons. The molecule has 31 heavy (non-hydrogen) atoms. The van der Waals surface area contributed by atoms with Gasteiger partial charge in [0, 0.05) is 17.6 Å². The molecule has 0 heterocycles. The molecule has 3 aromatic carbocycles. The van der Waals surface area contributed by atoms with E-state index in [9.17, 15) is 12.6 Å². The lowest BCUT2D eigenvalue weighted by atomic mass is 10.1. The van der Waals surface area contributed by atoms with E-state index in [-0.39, 0.29) is 17.2 Å². The van der Waals surface area contributed by atoms with Gasteiger partial charge in [0.25, 0.3) is 10.0 Å². The lowest BCUT2D eigenvalue weighted by Crippen LogP contribution is -2.10. The highest BCUT2D eigenvalue weighted by atomic mass is 32.2. The van der Waals surface area contributed by atoms with Crippen LogP contribution in [-0.2, 0) is 26.2 Å². The van der Waals surface area contributed by atoms with E-state index in [1.54, 1.807) is 12.1 Å². The van der Waals surface area contributed by atoms with Crippen LogP contribution in [0.3, 0.4) is 0 Å². The van der Waals surface area contributed by atoms with Crippen molar-refractivity contribution in [1.29, 1.82) is 0 Å². The molecule has 7 heteroatoms. The van der Waals surface area contributed by atoms with E-state index in [2.05, 4.69) is 8.76 Å². The van der Waals surface area contributed by atoms with Crippen LogP contribution in [0.2, 0.25) is 0 Å². The van der Waals surface area contributed by atoms with Crippen LogP contribution in [0.1, 0.15) is 22.3 Å². The average molecular weight is 455 g/mol. The Morgan fingerprint density at radius 1 is 0.742 bits per heavy atom. The molecule has 0 saturated heterocycles. The van der Waals surface area contributed by atoms with Crippen LogP contribution in [0.4, 0.5) is 0 Å². The van der Waals surface area contributed by atoms with E-state index < -0.39 is 19.8 Å². The Bertz CT molecular complexity index is 1320. The quantitative estimate of drug-likeness (QED) is 0.398. The number of sulfonamides is 1. The molecule has 0 saturated carbocycles. The van der Waals surface area contributed by atoms with Crippen molar-refractivity contribution in [3.63, 3.8) is 0 Å². The predicted octanol–water partition coefficient (Wildman–Crippen LogP) is 5.10. The second-order valence-corrected chi connectivity index (χ2v) is 11.5. The molecule has 0 aliphatic carbocycles. The van der Waals surface area contributed by atoms with Crippen LogP contribution in [0.5, 0.6) is 0 Å². The van der Waals surface area contributed by atoms with E-state index in [4.69, 9.17) is 0 Å². The summed E-state index contributed by atoms with van der Waals surface area (Å²) in [5.41, 5.74) is 3.71. The molecule has 0 aliphatic rings. The number of aryl methyl sites for hydroxylation is 3. The van der Waals surface area contributed by atoms with Gasteiger partial charge in [-0.3, -0.25) is 0 Å². The number of hydrogen-bond acceptors (Lipinski definition) is 3. The van der Waals surface area contributed by atoms with Gasteiger partial charge in [0.2, 0.25) is 0 Å². The van der Waals surface area contributed by atoms with Crippen LogP contribution in [0, 0.1) is 20.8 Å². The minimum absolute atomic E-state index is 0.0124. The first kappa shape index (κ1) is 22.9. The average Bonchev–Trinajstić information content (AvgIpc) is 2.67. The smallest absolute Gasteiger partial charge is 0.245 e. The lowest BCUT2D eigenvalue weighted by Gasteiger charge is -2.09. The summed E-state index contributed by atoms with van der Waals surface area (Å²) in [5.74, 6) is 0.0124. The Balaban J connectivity index is 2.14. The lowest BCUT2D eigenvalue weighted by molar-refractivity contribution is 0.598. The van der Waals surface area contributed by atoms with Gasteiger partial charge in [-0.15, -0.1) is 4.40 Å². The van der Waals surface area contributed by atoms with Crippen LogP contribution in [0.25, 0.3) is 0 Å². The fourth-order valence-corrected chi connectivity index (χ4v) is 5.61. The third-order valence-corrected chi connectivity index (χ3v) is 7.65. The maximum atomic E-state index is 13.5. The summed E-state index contributed by atoms with van der Waals surface area (Å²) in [4.78, 5) is 0.631. The molecule has 0 spiro atoms. The molecule has 162 valence electrons. The molecular weight excluding hydrogens is 428 g/mol. The molecule has 3 aromatic rings. The van der Waals surface area contributed by atoms with Crippen molar-refractivity contribution in [1.82, 2.24) is 0 Å². The molecule has 0 aromatic heterocycles. The normalized spacial score (nSPS) is 14.1. The summed E-state index contributed by atoms with van der Waals surface area (Å²) < 4.78 is 47.8. The first-order chi connectivity index (χ1) is 14.5. The van der Waals surface area contributed by atoms with Crippen LogP contribution in [-0.4, -0.2) is 24.7 Å². The molecular formula is C24H26N2O3S2. The highest BCUT2D eigenvalue weighted by Crippen LogP contribution is 2.19. The number of benzene rings is 3. The Morgan fingerprint density at radius 3 is 1.90 bits per heavy atom. The minimum atomic E-state index is -4.00. The molecule has 0 bridgehead atoms. The topological polar surface area (TPSA) is 75.9 Å². The van der Waals surface area contributed by atoms with Crippen molar-refractivity contribution in [3.05, 3.63) is 95.1 Å². The van der Waals surface area contributed by atoms with Gasteiger partial charge in [-0.1, -0.05) is 54.1 Å². The summed E-state index contributed by atoms with van der Waals surface area (Å²) in [7, 11) is -6.90. The van der Waals surface area contributed by atoms with Crippen molar-refractivity contribution in [2.45, 2.75) is 37.0 Å². The molecule has 0 aliphatic heterocycles. The van der Waals surface area contributed by atoms with Gasteiger partial charge in [-0.25, -0.2) is 4.21 Å². The summed E-state index contributed by atoms with van der Waals surface area (Å²) >= 11 is 0. The first-order valence-electron chi connectivity index (χ1n) is 9.80. The summed E-state index contributed by atoms with van der Waals surface area (Å²) in [6, 6.07) is 21.4. The molecule has 5 nitrogen and oxygen atoms in total. The van der Waals surface area contributed by atoms with Gasteiger partial charge in [-0.05, 0) is 61.7 Å². The van der Waals surface area contributed by atoms with E-state index in [1.165, 1.54) is 18.4 Å². The third-order valence-electron chi connectivity index (χ3n) is 4.66. The monoisotopic (exact) mass is 454 g/mol. The fourth-order valence-electron chi connectivity index (χ4n) is 3.17. The van der Waals surface area contributed by atoms with E-state index in [1.807, 2.05) is 69.3 Å². The predicted molar refractivity (Wildman–Crippen MR) is 127 cm³/mol. The number of rotatable bonds is 5. The highest BCUT2D eigenvalue weighted by molar-refractivity contribution is 7.93. The van der Waals surface area contributed by atoms with E-state index in [0.29, 0.717) is 4.90 Å². The Hall–Kier alpha value is -2.77. The Morgan fingerprint density at radius 2 is 1.32 bits per heavy atom. The molecule has 1 unspecified atom stereocenters. The van der Waals surface area contributed by atoms with Gasteiger partial charge in [0.05, 0.1) is 14.6 Å². The van der Waals surface area contributed by atoms with E-state index >= 15 is 0 Å². The van der Waals surface area contributed by atoms with Gasteiger partial charge >= 0.3 is 0 Å².